The van der Waals surface area contributed by atoms with Crippen LogP contribution in [0.25, 0.3) is 0 Å². The summed E-state index contributed by atoms with van der Waals surface area (Å²) in [5.41, 5.74) is 0.766. The van der Waals surface area contributed by atoms with Crippen LogP contribution in [0.5, 0.6) is 0 Å². The molecule has 0 saturated carbocycles. The normalized spacial score (nSPS) is 21.2. The van der Waals surface area contributed by atoms with Crippen molar-refractivity contribution in [1.82, 2.24) is 10.6 Å². The van der Waals surface area contributed by atoms with E-state index in [2.05, 4.69) is 10.6 Å². The van der Waals surface area contributed by atoms with E-state index >= 15 is 0 Å². The molecule has 0 bridgehead atoms. The van der Waals surface area contributed by atoms with Gasteiger partial charge >= 0.3 is 0 Å². The molecule has 2 N–H and O–H groups in total. The maximum absolute atomic E-state index is 12.3. The first kappa shape index (κ1) is 15.2. The van der Waals surface area contributed by atoms with Crippen molar-refractivity contribution in [1.29, 1.82) is 0 Å². The van der Waals surface area contributed by atoms with E-state index in [1.54, 1.807) is 0 Å². The number of carbonyl (C=O) groups excluding carboxylic acids is 3. The van der Waals surface area contributed by atoms with Crippen LogP contribution in [0.3, 0.4) is 0 Å². The number of Topliss-reactive ketones (excluding diaryl/α,β-unsaturated/α-hetero) is 1. The quantitative estimate of drug-likeness (QED) is 0.789. The molecule has 21 heavy (non-hydrogen) atoms. The number of rotatable bonds is 5. The molecule has 1 aliphatic heterocycles. The summed E-state index contributed by atoms with van der Waals surface area (Å²) in [5, 5.41) is 5.30. The van der Waals surface area contributed by atoms with E-state index in [0.29, 0.717) is 6.54 Å². The minimum Gasteiger partial charge on any atom is -0.355 e. The average molecular weight is 288 g/mol. The lowest BCUT2D eigenvalue weighted by Crippen LogP contribution is -2.39. The van der Waals surface area contributed by atoms with Gasteiger partial charge in [-0.25, -0.2) is 0 Å². The Hall–Kier alpha value is -2.17. The smallest absolute Gasteiger partial charge is 0.287 e. The van der Waals surface area contributed by atoms with Crippen LogP contribution in [0.4, 0.5) is 0 Å². The Morgan fingerprint density at radius 2 is 1.95 bits per heavy atom. The van der Waals surface area contributed by atoms with E-state index in [4.69, 9.17) is 0 Å². The van der Waals surface area contributed by atoms with Crippen molar-refractivity contribution in [2.75, 3.05) is 13.1 Å². The number of benzene rings is 1. The van der Waals surface area contributed by atoms with Gasteiger partial charge in [0.2, 0.25) is 11.7 Å². The van der Waals surface area contributed by atoms with Gasteiger partial charge in [0.05, 0.1) is 11.8 Å². The number of hydrogen-bond donors (Lipinski definition) is 2. The summed E-state index contributed by atoms with van der Waals surface area (Å²) in [6.07, 6.45) is 0. The van der Waals surface area contributed by atoms with Crippen LogP contribution >= 0.6 is 0 Å². The molecule has 1 aliphatic rings. The summed E-state index contributed by atoms with van der Waals surface area (Å²) in [4.78, 5) is 36.2. The number of amides is 2. The summed E-state index contributed by atoms with van der Waals surface area (Å²) < 4.78 is 0. The molecule has 0 aliphatic carbocycles. The van der Waals surface area contributed by atoms with Gasteiger partial charge in [-0.3, -0.25) is 14.4 Å². The lowest BCUT2D eigenvalue weighted by atomic mass is 9.85. The number of hydrogen-bond acceptors (Lipinski definition) is 3. The van der Waals surface area contributed by atoms with Crippen molar-refractivity contribution in [2.45, 2.75) is 19.8 Å². The largest absolute Gasteiger partial charge is 0.355 e. The maximum atomic E-state index is 12.3. The Kier molecular flexibility index (Phi) is 4.73. The van der Waals surface area contributed by atoms with Crippen LogP contribution in [0.15, 0.2) is 30.3 Å². The highest BCUT2D eigenvalue weighted by Crippen LogP contribution is 2.29. The molecule has 1 saturated heterocycles. The second kappa shape index (κ2) is 6.52. The Morgan fingerprint density at radius 3 is 2.57 bits per heavy atom. The Labute approximate surface area is 124 Å². The summed E-state index contributed by atoms with van der Waals surface area (Å²) >= 11 is 0. The molecule has 0 spiro atoms. The van der Waals surface area contributed by atoms with E-state index in [1.165, 1.54) is 0 Å². The summed E-state index contributed by atoms with van der Waals surface area (Å²) in [6.45, 7) is 4.58. The fourth-order valence-corrected chi connectivity index (χ4v) is 2.46. The van der Waals surface area contributed by atoms with Gasteiger partial charge in [-0.1, -0.05) is 44.2 Å². The highest BCUT2D eigenvalue weighted by atomic mass is 16.2. The summed E-state index contributed by atoms with van der Waals surface area (Å²) in [6, 6.07) is 9.11. The molecule has 1 aromatic rings. The molecule has 2 amide bonds. The monoisotopic (exact) mass is 288 g/mol. The van der Waals surface area contributed by atoms with E-state index in [-0.39, 0.29) is 18.4 Å². The molecule has 2 rings (SSSR count). The maximum Gasteiger partial charge on any atom is 0.287 e. The number of nitrogens with one attached hydrogen (secondary N) is 2. The molecule has 5 nitrogen and oxygen atoms in total. The van der Waals surface area contributed by atoms with Gasteiger partial charge in [0, 0.05) is 13.1 Å². The predicted molar refractivity (Wildman–Crippen MR) is 78.5 cm³/mol. The van der Waals surface area contributed by atoms with Gasteiger partial charge < -0.3 is 10.6 Å². The zero-order valence-corrected chi connectivity index (χ0v) is 12.3. The Morgan fingerprint density at radius 1 is 1.29 bits per heavy atom. The molecule has 0 radical (unpaired) electrons. The van der Waals surface area contributed by atoms with Crippen LogP contribution in [0.1, 0.15) is 25.3 Å². The molecule has 0 unspecified atom stereocenters. The minimum atomic E-state index is -0.632. The summed E-state index contributed by atoms with van der Waals surface area (Å²) in [7, 11) is 0. The third-order valence-corrected chi connectivity index (χ3v) is 3.57. The van der Waals surface area contributed by atoms with Crippen LogP contribution in [-0.4, -0.2) is 30.7 Å². The fraction of sp³-hybridized carbons (Fsp3) is 0.438. The standard InChI is InChI=1S/C16H20N2O3/c1-10(2)8-17-16(21)14(19)12-9-18-15(20)13(12)11-6-4-3-5-7-11/h3-7,10,12-13H,8-9H2,1-2H3,(H,17,21)(H,18,20)/t12-,13+/m0/s1. The van der Waals surface area contributed by atoms with Gasteiger partial charge in [0.1, 0.15) is 0 Å². The van der Waals surface area contributed by atoms with Crippen molar-refractivity contribution in [3.8, 4) is 0 Å². The first-order valence-corrected chi connectivity index (χ1v) is 7.15. The third-order valence-electron chi connectivity index (χ3n) is 3.57. The summed E-state index contributed by atoms with van der Waals surface area (Å²) in [5.74, 6) is -2.27. The van der Waals surface area contributed by atoms with Crippen LogP contribution < -0.4 is 10.6 Å². The first-order chi connectivity index (χ1) is 10.0. The molecule has 1 fully saturated rings. The van der Waals surface area contributed by atoms with E-state index < -0.39 is 23.5 Å². The van der Waals surface area contributed by atoms with Gasteiger partial charge in [-0.05, 0) is 11.5 Å². The van der Waals surface area contributed by atoms with Crippen molar-refractivity contribution in [2.24, 2.45) is 11.8 Å². The molecular formula is C16H20N2O3. The molecule has 112 valence electrons. The number of ketones is 1. The van der Waals surface area contributed by atoms with Crippen molar-refractivity contribution < 1.29 is 14.4 Å². The second-order valence-corrected chi connectivity index (χ2v) is 5.71. The highest BCUT2D eigenvalue weighted by Gasteiger charge is 2.42. The lowest BCUT2D eigenvalue weighted by molar-refractivity contribution is -0.140. The van der Waals surface area contributed by atoms with Crippen molar-refractivity contribution >= 4 is 17.6 Å². The van der Waals surface area contributed by atoms with E-state index in [9.17, 15) is 14.4 Å². The average Bonchev–Trinajstić information content (AvgIpc) is 2.86. The minimum absolute atomic E-state index is 0.198. The molecule has 0 aromatic heterocycles. The van der Waals surface area contributed by atoms with Crippen LogP contribution in [0, 0.1) is 11.8 Å². The molecule has 5 heteroatoms. The molecular weight excluding hydrogens is 268 g/mol. The predicted octanol–water partition coefficient (Wildman–Crippen LogP) is 0.858. The molecule has 2 atom stereocenters. The lowest BCUT2D eigenvalue weighted by Gasteiger charge is -2.16. The second-order valence-electron chi connectivity index (χ2n) is 5.71. The van der Waals surface area contributed by atoms with Gasteiger partial charge in [-0.15, -0.1) is 0 Å². The molecule has 1 aromatic carbocycles. The molecule has 1 heterocycles. The Bertz CT molecular complexity index is 540. The fourth-order valence-electron chi connectivity index (χ4n) is 2.46. The van der Waals surface area contributed by atoms with Gasteiger partial charge in [0.25, 0.3) is 5.91 Å². The SMILES string of the molecule is CC(C)CNC(=O)C(=O)[C@H]1CNC(=O)[C@@H]1c1ccccc1. The zero-order chi connectivity index (χ0) is 15.4. The van der Waals surface area contributed by atoms with Gasteiger partial charge in [-0.2, -0.15) is 0 Å². The Balaban J connectivity index is 2.12. The first-order valence-electron chi connectivity index (χ1n) is 7.15. The van der Waals surface area contributed by atoms with Crippen molar-refractivity contribution in [3.63, 3.8) is 0 Å². The third kappa shape index (κ3) is 3.48. The van der Waals surface area contributed by atoms with E-state index in [0.717, 1.165) is 5.56 Å². The topological polar surface area (TPSA) is 75.3 Å². The number of carbonyl (C=O) groups is 3. The van der Waals surface area contributed by atoms with Gasteiger partial charge in [0.15, 0.2) is 0 Å². The highest BCUT2D eigenvalue weighted by molar-refractivity contribution is 6.37. The zero-order valence-electron chi connectivity index (χ0n) is 12.3. The van der Waals surface area contributed by atoms with Crippen LogP contribution in [-0.2, 0) is 14.4 Å². The van der Waals surface area contributed by atoms with E-state index in [1.807, 2.05) is 44.2 Å². The van der Waals surface area contributed by atoms with Crippen molar-refractivity contribution in [3.05, 3.63) is 35.9 Å². The van der Waals surface area contributed by atoms with Crippen LogP contribution in [0.2, 0.25) is 0 Å².